The number of benzene rings is 2. The normalized spacial score (nSPS) is 14.5. The van der Waals surface area contributed by atoms with Gasteiger partial charge in [-0.1, -0.05) is 35.9 Å². The third-order valence-corrected chi connectivity index (χ3v) is 5.31. The van der Waals surface area contributed by atoms with Crippen molar-refractivity contribution in [2.75, 3.05) is 40.0 Å². The maximum absolute atomic E-state index is 12.4. The van der Waals surface area contributed by atoms with Crippen molar-refractivity contribution >= 4 is 23.6 Å². The van der Waals surface area contributed by atoms with Crippen LogP contribution in [0.2, 0.25) is 5.02 Å². The van der Waals surface area contributed by atoms with Crippen LogP contribution in [0.5, 0.6) is 11.5 Å². The highest BCUT2D eigenvalue weighted by Gasteiger charge is 2.13. The van der Waals surface area contributed by atoms with Crippen molar-refractivity contribution in [3.05, 3.63) is 64.2 Å². The molecule has 2 aromatic carbocycles. The van der Waals surface area contributed by atoms with Gasteiger partial charge in [0.25, 0.3) is 0 Å². The highest BCUT2D eigenvalue weighted by Crippen LogP contribution is 2.36. The van der Waals surface area contributed by atoms with Gasteiger partial charge in [-0.3, -0.25) is 9.69 Å². The van der Waals surface area contributed by atoms with Crippen LogP contribution in [0.4, 0.5) is 0 Å². The van der Waals surface area contributed by atoms with Gasteiger partial charge in [-0.05, 0) is 41.8 Å². The molecule has 0 aliphatic carbocycles. The van der Waals surface area contributed by atoms with Crippen molar-refractivity contribution < 1.29 is 19.0 Å². The molecule has 3 rings (SSSR count). The molecule has 6 nitrogen and oxygen atoms in total. The molecule has 0 radical (unpaired) electrons. The van der Waals surface area contributed by atoms with Gasteiger partial charge >= 0.3 is 0 Å². The maximum atomic E-state index is 12.4. The van der Waals surface area contributed by atoms with E-state index in [2.05, 4.69) is 22.3 Å². The second-order valence-corrected chi connectivity index (χ2v) is 7.58. The Morgan fingerprint density at radius 1 is 1.23 bits per heavy atom. The molecule has 31 heavy (non-hydrogen) atoms. The first-order chi connectivity index (χ1) is 15.1. The summed E-state index contributed by atoms with van der Waals surface area (Å²) in [5, 5.41) is 3.40. The van der Waals surface area contributed by atoms with Gasteiger partial charge in [0.2, 0.25) is 5.91 Å². The Kier molecular flexibility index (Phi) is 8.76. The van der Waals surface area contributed by atoms with E-state index in [1.54, 1.807) is 25.3 Å². The Morgan fingerprint density at radius 2 is 1.97 bits per heavy atom. The smallest absolute Gasteiger partial charge is 0.244 e. The second kappa shape index (κ2) is 11.7. The Balaban J connectivity index is 1.61. The van der Waals surface area contributed by atoms with E-state index >= 15 is 0 Å². The van der Waals surface area contributed by atoms with Crippen molar-refractivity contribution in [2.45, 2.75) is 20.0 Å². The van der Waals surface area contributed by atoms with Gasteiger partial charge in [-0.2, -0.15) is 0 Å². The number of carbonyl (C=O) groups excluding carboxylic acids is 1. The van der Waals surface area contributed by atoms with Gasteiger partial charge < -0.3 is 19.5 Å². The number of amides is 1. The minimum Gasteiger partial charge on any atom is -0.491 e. The molecule has 1 saturated heterocycles. The number of nitrogens with one attached hydrogen (secondary N) is 1. The molecule has 1 heterocycles. The van der Waals surface area contributed by atoms with Crippen molar-refractivity contribution in [2.24, 2.45) is 0 Å². The van der Waals surface area contributed by atoms with Crippen LogP contribution in [0.1, 0.15) is 23.6 Å². The summed E-state index contributed by atoms with van der Waals surface area (Å²) in [4.78, 5) is 14.8. The molecule has 1 fully saturated rings. The Hall–Kier alpha value is -2.54. The molecule has 1 aliphatic rings. The van der Waals surface area contributed by atoms with Crippen molar-refractivity contribution in [3.8, 4) is 11.5 Å². The average Bonchev–Trinajstić information content (AvgIpc) is 2.78. The molecule has 0 unspecified atom stereocenters. The number of carbonyl (C=O) groups is 1. The number of hydrogen-bond donors (Lipinski definition) is 1. The van der Waals surface area contributed by atoms with Crippen LogP contribution in [0.25, 0.3) is 6.08 Å². The molecular weight excluding hydrogens is 416 g/mol. The van der Waals surface area contributed by atoms with Crippen LogP contribution in [0.3, 0.4) is 0 Å². The Labute approximate surface area is 188 Å². The number of ether oxygens (including phenoxy) is 3. The zero-order valence-electron chi connectivity index (χ0n) is 18.0. The number of nitrogens with zero attached hydrogens (tertiary/aromatic N) is 1. The first-order valence-electron chi connectivity index (χ1n) is 10.4. The lowest BCUT2D eigenvalue weighted by Gasteiger charge is -2.27. The fourth-order valence-corrected chi connectivity index (χ4v) is 3.74. The quantitative estimate of drug-likeness (QED) is 0.594. The molecule has 0 bridgehead atoms. The molecular formula is C24H29ClN2O4. The first kappa shape index (κ1) is 23.1. The van der Waals surface area contributed by atoms with Gasteiger partial charge in [0.15, 0.2) is 11.5 Å². The largest absolute Gasteiger partial charge is 0.491 e. The highest BCUT2D eigenvalue weighted by atomic mass is 35.5. The number of rotatable bonds is 9. The van der Waals surface area contributed by atoms with Crippen molar-refractivity contribution in [1.82, 2.24) is 10.2 Å². The van der Waals surface area contributed by atoms with Gasteiger partial charge in [-0.15, -0.1) is 0 Å². The molecule has 0 atom stereocenters. The first-order valence-corrected chi connectivity index (χ1v) is 10.8. The minimum absolute atomic E-state index is 0.175. The van der Waals surface area contributed by atoms with Gasteiger partial charge in [0, 0.05) is 32.3 Å². The molecule has 1 aliphatic heterocycles. The van der Waals surface area contributed by atoms with Crippen LogP contribution < -0.4 is 14.8 Å². The van der Waals surface area contributed by atoms with Gasteiger partial charge in [0.1, 0.15) is 0 Å². The molecule has 7 heteroatoms. The number of morpholine rings is 1. The third-order valence-electron chi connectivity index (χ3n) is 5.03. The summed E-state index contributed by atoms with van der Waals surface area (Å²) in [5.41, 5.74) is 3.09. The predicted molar refractivity (Wildman–Crippen MR) is 123 cm³/mol. The van der Waals surface area contributed by atoms with Crippen LogP contribution in [0, 0.1) is 0 Å². The summed E-state index contributed by atoms with van der Waals surface area (Å²) in [5.74, 6) is 0.864. The van der Waals surface area contributed by atoms with Crippen LogP contribution in [-0.4, -0.2) is 50.8 Å². The summed E-state index contributed by atoms with van der Waals surface area (Å²) >= 11 is 6.27. The monoisotopic (exact) mass is 444 g/mol. The van der Waals surface area contributed by atoms with E-state index in [4.69, 9.17) is 25.8 Å². The standard InChI is InChI=1S/C24H29ClN2O4/c1-3-31-22-15-18(14-21(25)24(22)29-2)8-9-23(28)26-16-19-6-4-5-7-20(19)17-27-10-12-30-13-11-27/h4-9,14-15H,3,10-13,16-17H2,1-2H3,(H,26,28)/b9-8+. The van der Waals surface area contributed by atoms with E-state index in [0.29, 0.717) is 29.7 Å². The zero-order valence-corrected chi connectivity index (χ0v) is 18.8. The van der Waals surface area contributed by atoms with Crippen molar-refractivity contribution in [3.63, 3.8) is 0 Å². The lowest BCUT2D eigenvalue weighted by molar-refractivity contribution is -0.116. The van der Waals surface area contributed by atoms with E-state index in [9.17, 15) is 4.79 Å². The molecule has 0 spiro atoms. The molecule has 166 valence electrons. The van der Waals surface area contributed by atoms with Gasteiger partial charge in [-0.25, -0.2) is 0 Å². The van der Waals surface area contributed by atoms with Crippen LogP contribution in [-0.2, 0) is 22.6 Å². The van der Waals surface area contributed by atoms with E-state index in [-0.39, 0.29) is 5.91 Å². The minimum atomic E-state index is -0.175. The summed E-state index contributed by atoms with van der Waals surface area (Å²) in [6.45, 7) is 7.10. The molecule has 1 N–H and O–H groups in total. The Bertz CT molecular complexity index is 910. The number of hydrogen-bond acceptors (Lipinski definition) is 5. The number of halogens is 1. The fourth-order valence-electron chi connectivity index (χ4n) is 3.44. The van der Waals surface area contributed by atoms with E-state index in [0.717, 1.165) is 44.0 Å². The highest BCUT2D eigenvalue weighted by molar-refractivity contribution is 6.32. The zero-order chi connectivity index (χ0) is 22.1. The SMILES string of the molecule is CCOc1cc(/C=C/C(=O)NCc2ccccc2CN2CCOCC2)cc(Cl)c1OC. The summed E-state index contributed by atoms with van der Waals surface area (Å²) in [7, 11) is 1.55. The lowest BCUT2D eigenvalue weighted by atomic mass is 10.1. The summed E-state index contributed by atoms with van der Waals surface area (Å²) in [6.07, 6.45) is 3.21. The van der Waals surface area contributed by atoms with E-state index in [1.807, 2.05) is 19.1 Å². The molecule has 0 saturated carbocycles. The lowest BCUT2D eigenvalue weighted by Crippen LogP contribution is -2.36. The topological polar surface area (TPSA) is 60.0 Å². The summed E-state index contributed by atoms with van der Waals surface area (Å²) < 4.78 is 16.3. The fraction of sp³-hybridized carbons (Fsp3) is 0.375. The van der Waals surface area contributed by atoms with E-state index in [1.165, 1.54) is 11.6 Å². The van der Waals surface area contributed by atoms with E-state index < -0.39 is 0 Å². The van der Waals surface area contributed by atoms with Crippen LogP contribution >= 0.6 is 11.6 Å². The molecule has 0 aromatic heterocycles. The second-order valence-electron chi connectivity index (χ2n) is 7.18. The molecule has 1 amide bonds. The Morgan fingerprint density at radius 3 is 2.68 bits per heavy atom. The van der Waals surface area contributed by atoms with Crippen LogP contribution in [0.15, 0.2) is 42.5 Å². The number of methoxy groups -OCH3 is 1. The summed E-state index contributed by atoms with van der Waals surface area (Å²) in [6, 6.07) is 11.7. The predicted octanol–water partition coefficient (Wildman–Crippen LogP) is 3.91. The maximum Gasteiger partial charge on any atom is 0.244 e. The average molecular weight is 445 g/mol. The third kappa shape index (κ3) is 6.72. The van der Waals surface area contributed by atoms with Gasteiger partial charge in [0.05, 0.1) is 32.0 Å². The molecule has 2 aromatic rings. The van der Waals surface area contributed by atoms with Crippen molar-refractivity contribution in [1.29, 1.82) is 0 Å².